The summed E-state index contributed by atoms with van der Waals surface area (Å²) in [6.45, 7) is -0.803. The molecule has 2 aromatic heterocycles. The fourth-order valence-corrected chi connectivity index (χ4v) is 3.92. The molecule has 2 N–H and O–H groups in total. The summed E-state index contributed by atoms with van der Waals surface area (Å²) >= 11 is 0. The van der Waals surface area contributed by atoms with Gasteiger partial charge in [-0.25, -0.2) is 9.07 Å². The molecule has 0 fully saturated rings. The molecule has 0 aliphatic carbocycles. The van der Waals surface area contributed by atoms with Crippen molar-refractivity contribution in [2.24, 2.45) is 0 Å². The van der Waals surface area contributed by atoms with Crippen molar-refractivity contribution in [2.75, 3.05) is 11.9 Å². The fraction of sp³-hybridized carbons (Fsp3) is 0.120. The topological polar surface area (TPSA) is 63.0 Å². The fourth-order valence-electron chi connectivity index (χ4n) is 3.92. The van der Waals surface area contributed by atoms with Crippen LogP contribution in [0.4, 0.5) is 23.2 Å². The van der Waals surface area contributed by atoms with Crippen molar-refractivity contribution in [1.29, 1.82) is 0 Å². The van der Waals surface area contributed by atoms with Gasteiger partial charge in [-0.3, -0.25) is 4.98 Å². The van der Waals surface area contributed by atoms with Gasteiger partial charge in [0.25, 0.3) is 0 Å². The van der Waals surface area contributed by atoms with Gasteiger partial charge in [0, 0.05) is 22.7 Å². The first-order valence-electron chi connectivity index (χ1n) is 10.4. The van der Waals surface area contributed by atoms with E-state index in [-0.39, 0.29) is 5.56 Å². The Morgan fingerprint density at radius 2 is 1.74 bits per heavy atom. The molecule has 1 unspecified atom stereocenters. The molecular formula is C25H18F4N4O. The minimum atomic E-state index is -4.95. The van der Waals surface area contributed by atoms with Crippen LogP contribution in [0.5, 0.6) is 0 Å². The van der Waals surface area contributed by atoms with Crippen LogP contribution >= 0.6 is 0 Å². The van der Waals surface area contributed by atoms with E-state index in [9.17, 15) is 22.7 Å². The highest BCUT2D eigenvalue weighted by Crippen LogP contribution is 2.40. The molecule has 34 heavy (non-hydrogen) atoms. The van der Waals surface area contributed by atoms with E-state index in [0.717, 1.165) is 0 Å². The number of anilines is 1. The van der Waals surface area contributed by atoms with Crippen molar-refractivity contribution in [3.63, 3.8) is 0 Å². The van der Waals surface area contributed by atoms with Crippen molar-refractivity contribution in [3.8, 4) is 5.69 Å². The Labute approximate surface area is 191 Å². The summed E-state index contributed by atoms with van der Waals surface area (Å²) < 4.78 is 57.2. The van der Waals surface area contributed by atoms with Gasteiger partial charge in [-0.05, 0) is 66.2 Å². The number of hydrogen-bond donors (Lipinski definition) is 2. The van der Waals surface area contributed by atoms with Crippen molar-refractivity contribution in [3.05, 3.63) is 96.6 Å². The normalized spacial score (nSPS) is 13.8. The second kappa shape index (κ2) is 8.11. The summed E-state index contributed by atoms with van der Waals surface area (Å²) in [4.78, 5) is 4.20. The molecule has 0 radical (unpaired) electrons. The van der Waals surface area contributed by atoms with Crippen molar-refractivity contribution in [1.82, 2.24) is 14.8 Å². The number of benzene rings is 3. The molecule has 5 rings (SSSR count). The molecular weight excluding hydrogens is 448 g/mol. The van der Waals surface area contributed by atoms with E-state index < -0.39 is 24.1 Å². The van der Waals surface area contributed by atoms with Crippen molar-refractivity contribution in [2.45, 2.75) is 11.8 Å². The van der Waals surface area contributed by atoms with E-state index >= 15 is 0 Å². The summed E-state index contributed by atoms with van der Waals surface area (Å²) in [5.74, 6) is -0.410. The number of hydrogen-bond acceptors (Lipinski definition) is 4. The molecule has 0 saturated heterocycles. The minimum Gasteiger partial charge on any atom is -0.381 e. The molecule has 0 saturated carbocycles. The minimum absolute atomic E-state index is 0.322. The Kier molecular flexibility index (Phi) is 5.21. The molecule has 9 heteroatoms. The highest BCUT2D eigenvalue weighted by Gasteiger charge is 2.55. The first kappa shape index (κ1) is 21.8. The number of fused-ring (bicyclic) bond motifs is 2. The second-order valence-electron chi connectivity index (χ2n) is 7.89. The number of aromatic nitrogens is 3. The number of nitrogens with zero attached hydrogens (tertiary/aromatic N) is 3. The number of aliphatic hydroxyl groups is 1. The van der Waals surface area contributed by atoms with Gasteiger partial charge in [-0.2, -0.15) is 18.3 Å². The maximum atomic E-state index is 14.2. The molecule has 5 nitrogen and oxygen atoms in total. The van der Waals surface area contributed by atoms with E-state index in [1.807, 2.05) is 0 Å². The maximum Gasteiger partial charge on any atom is 0.423 e. The monoisotopic (exact) mass is 466 g/mol. The van der Waals surface area contributed by atoms with Crippen LogP contribution in [0.15, 0.2) is 85.2 Å². The maximum absolute atomic E-state index is 14.2. The second-order valence-corrected chi connectivity index (χ2v) is 7.89. The molecule has 172 valence electrons. The predicted octanol–water partition coefficient (Wildman–Crippen LogP) is 5.57. The average Bonchev–Trinajstić information content (AvgIpc) is 3.25. The van der Waals surface area contributed by atoms with Crippen LogP contribution in [0.1, 0.15) is 5.56 Å². The lowest BCUT2D eigenvalue weighted by Crippen LogP contribution is -2.47. The van der Waals surface area contributed by atoms with Crippen LogP contribution in [0.2, 0.25) is 0 Å². The third-order valence-electron chi connectivity index (χ3n) is 5.77. The third-order valence-corrected chi connectivity index (χ3v) is 5.77. The van der Waals surface area contributed by atoms with Gasteiger partial charge in [0.2, 0.25) is 5.60 Å². The van der Waals surface area contributed by atoms with Gasteiger partial charge in [0.05, 0.1) is 29.5 Å². The van der Waals surface area contributed by atoms with Crippen LogP contribution in [0, 0.1) is 5.82 Å². The van der Waals surface area contributed by atoms with Crippen LogP contribution in [0.3, 0.4) is 0 Å². The molecule has 0 spiro atoms. The molecule has 5 aromatic rings. The lowest BCUT2D eigenvalue weighted by atomic mass is 9.91. The Balaban J connectivity index is 1.51. The Hall–Kier alpha value is -3.98. The zero-order chi connectivity index (χ0) is 23.9. The SMILES string of the molecule is OC(CNc1cccc2ncccc12)(c1ccc2c(cnn2-c2ccc(F)cc2)c1)C(F)(F)F. The number of halogens is 4. The number of pyridine rings is 1. The summed E-state index contributed by atoms with van der Waals surface area (Å²) in [6, 6.07) is 18.0. The molecule has 0 aliphatic rings. The standard InChI is InChI=1S/C25H18F4N4O/c26-18-7-9-19(10-8-18)33-23-11-6-17(13-16(23)14-32-33)24(34,25(27,28)29)15-31-22-5-1-4-21-20(22)3-2-12-30-21/h1-14,31,34H,15H2. The number of nitrogens with one attached hydrogen (secondary N) is 1. The van der Waals surface area contributed by atoms with E-state index in [1.54, 1.807) is 36.5 Å². The lowest BCUT2D eigenvalue weighted by Gasteiger charge is -2.31. The highest BCUT2D eigenvalue weighted by molar-refractivity contribution is 5.91. The van der Waals surface area contributed by atoms with E-state index in [0.29, 0.717) is 33.2 Å². The first-order chi connectivity index (χ1) is 16.3. The average molecular weight is 466 g/mol. The highest BCUT2D eigenvalue weighted by atomic mass is 19.4. The Bertz CT molecular complexity index is 1480. The predicted molar refractivity (Wildman–Crippen MR) is 121 cm³/mol. The summed E-state index contributed by atoms with van der Waals surface area (Å²) in [6.07, 6.45) is -1.95. The molecule has 0 amide bonds. The molecule has 3 aromatic carbocycles. The number of rotatable bonds is 5. The van der Waals surface area contributed by atoms with Crippen LogP contribution in [-0.4, -0.2) is 32.6 Å². The zero-order valence-electron chi connectivity index (χ0n) is 17.6. The zero-order valence-corrected chi connectivity index (χ0v) is 17.6. The van der Waals surface area contributed by atoms with Crippen molar-refractivity contribution < 1.29 is 22.7 Å². The Morgan fingerprint density at radius 1 is 0.941 bits per heavy atom. The summed E-state index contributed by atoms with van der Waals surface area (Å²) in [5, 5.41) is 18.9. The lowest BCUT2D eigenvalue weighted by molar-refractivity contribution is -0.260. The third kappa shape index (κ3) is 3.73. The summed E-state index contributed by atoms with van der Waals surface area (Å²) in [7, 11) is 0. The molecule has 0 bridgehead atoms. The van der Waals surface area contributed by atoms with E-state index in [2.05, 4.69) is 15.4 Å². The van der Waals surface area contributed by atoms with Crippen LogP contribution in [-0.2, 0) is 5.60 Å². The quantitative estimate of drug-likeness (QED) is 0.332. The van der Waals surface area contributed by atoms with Crippen molar-refractivity contribution >= 4 is 27.5 Å². The number of alkyl halides is 3. The smallest absolute Gasteiger partial charge is 0.381 e. The van der Waals surface area contributed by atoms with Crippen LogP contribution < -0.4 is 5.32 Å². The van der Waals surface area contributed by atoms with Gasteiger partial charge in [-0.15, -0.1) is 0 Å². The van der Waals surface area contributed by atoms with Gasteiger partial charge in [-0.1, -0.05) is 12.1 Å². The van der Waals surface area contributed by atoms with E-state index in [4.69, 9.17) is 0 Å². The molecule has 0 aliphatic heterocycles. The van der Waals surface area contributed by atoms with Gasteiger partial charge >= 0.3 is 6.18 Å². The van der Waals surface area contributed by atoms with Gasteiger partial charge in [0.15, 0.2) is 0 Å². The first-order valence-corrected chi connectivity index (χ1v) is 10.4. The van der Waals surface area contributed by atoms with E-state index in [1.165, 1.54) is 53.3 Å². The summed E-state index contributed by atoms with van der Waals surface area (Å²) in [5.41, 5.74) is -1.36. The van der Waals surface area contributed by atoms with Gasteiger partial charge < -0.3 is 10.4 Å². The molecule has 1 atom stereocenters. The Morgan fingerprint density at radius 3 is 2.50 bits per heavy atom. The molecule has 2 heterocycles. The van der Waals surface area contributed by atoms with Gasteiger partial charge in [0.1, 0.15) is 5.82 Å². The van der Waals surface area contributed by atoms with Crippen LogP contribution in [0.25, 0.3) is 27.5 Å². The largest absolute Gasteiger partial charge is 0.423 e.